The van der Waals surface area contributed by atoms with E-state index < -0.39 is 23.9 Å². The van der Waals surface area contributed by atoms with Crippen molar-refractivity contribution in [2.24, 2.45) is 0 Å². The van der Waals surface area contributed by atoms with Gasteiger partial charge in [0.2, 0.25) is 17.7 Å². The van der Waals surface area contributed by atoms with Gasteiger partial charge < -0.3 is 14.7 Å². The van der Waals surface area contributed by atoms with Gasteiger partial charge in [0.1, 0.15) is 12.1 Å². The van der Waals surface area contributed by atoms with Crippen LogP contribution in [0.25, 0.3) is 5.69 Å². The Kier molecular flexibility index (Phi) is 5.86. The standard InChI is InChI=1S/C24H25N7O5/c1-3-8-28-9-10-29(14(2)22(28)34)24(36)18-13-31(27-26-18)16-5-4-15-12-30(23(35)17(15)11-16)19-6-7-20(32)25-21(19)33/h3-5,11,13-14,19H,1,6-10,12H2,2H3,(H,25,32,33). The molecular weight excluding hydrogens is 466 g/mol. The third kappa shape index (κ3) is 3.93. The summed E-state index contributed by atoms with van der Waals surface area (Å²) in [6.45, 7) is 6.82. The Balaban J connectivity index is 1.32. The van der Waals surface area contributed by atoms with Crippen molar-refractivity contribution in [3.05, 3.63) is 53.9 Å². The minimum atomic E-state index is -0.696. The van der Waals surface area contributed by atoms with Crippen LogP contribution in [0, 0.1) is 0 Å². The predicted molar refractivity (Wildman–Crippen MR) is 125 cm³/mol. The number of nitrogens with zero attached hydrogens (tertiary/aromatic N) is 6. The Morgan fingerprint density at radius 3 is 2.78 bits per heavy atom. The fourth-order valence-electron chi connectivity index (χ4n) is 4.86. The molecule has 3 aliphatic heterocycles. The van der Waals surface area contributed by atoms with Crippen molar-refractivity contribution in [1.82, 2.24) is 35.0 Å². The molecule has 2 aromatic rings. The predicted octanol–water partition coefficient (Wildman–Crippen LogP) is -0.113. The zero-order valence-corrected chi connectivity index (χ0v) is 19.7. The summed E-state index contributed by atoms with van der Waals surface area (Å²) in [5, 5.41) is 10.3. The molecule has 2 atom stereocenters. The molecule has 2 unspecified atom stereocenters. The molecule has 1 N–H and O–H groups in total. The van der Waals surface area contributed by atoms with E-state index in [2.05, 4.69) is 22.2 Å². The molecule has 0 bridgehead atoms. The highest BCUT2D eigenvalue weighted by atomic mass is 16.2. The van der Waals surface area contributed by atoms with Crippen LogP contribution in [0.5, 0.6) is 0 Å². The van der Waals surface area contributed by atoms with Crippen LogP contribution in [0.15, 0.2) is 37.1 Å². The maximum absolute atomic E-state index is 13.1. The summed E-state index contributed by atoms with van der Waals surface area (Å²) >= 11 is 0. The van der Waals surface area contributed by atoms with Gasteiger partial charge in [-0.1, -0.05) is 17.4 Å². The molecule has 5 rings (SSSR count). The van der Waals surface area contributed by atoms with Crippen LogP contribution in [-0.2, 0) is 20.9 Å². The Morgan fingerprint density at radius 1 is 1.22 bits per heavy atom. The van der Waals surface area contributed by atoms with Crippen LogP contribution in [-0.4, -0.2) is 90.9 Å². The van der Waals surface area contributed by atoms with Crippen molar-refractivity contribution in [2.45, 2.75) is 38.4 Å². The SMILES string of the molecule is C=CCN1CCN(C(=O)c2cn(-c3ccc4c(c3)C(=O)N(C3CCC(=O)NC3=O)C4)nn2)C(C)C1=O. The smallest absolute Gasteiger partial charge is 0.276 e. The van der Waals surface area contributed by atoms with Gasteiger partial charge in [0.15, 0.2) is 5.69 Å². The number of hydrogen-bond acceptors (Lipinski definition) is 7. The molecule has 4 heterocycles. The number of benzene rings is 1. The zero-order valence-electron chi connectivity index (χ0n) is 19.7. The fraction of sp³-hybridized carbons (Fsp3) is 0.375. The number of piperazine rings is 1. The summed E-state index contributed by atoms with van der Waals surface area (Å²) in [7, 11) is 0. The number of hydrogen-bond donors (Lipinski definition) is 1. The van der Waals surface area contributed by atoms with Crippen molar-refractivity contribution < 1.29 is 24.0 Å². The Hall–Kier alpha value is -4.35. The highest BCUT2D eigenvalue weighted by Crippen LogP contribution is 2.29. The molecular formula is C24H25N7O5. The maximum atomic E-state index is 13.1. The number of amides is 5. The average Bonchev–Trinajstić information content (AvgIpc) is 3.47. The Morgan fingerprint density at radius 2 is 2.03 bits per heavy atom. The number of fused-ring (bicyclic) bond motifs is 1. The second kappa shape index (κ2) is 9.02. The van der Waals surface area contributed by atoms with Crippen LogP contribution in [0.3, 0.4) is 0 Å². The molecule has 186 valence electrons. The first kappa shape index (κ1) is 23.4. The lowest BCUT2D eigenvalue weighted by molar-refractivity contribution is -0.139. The molecule has 2 saturated heterocycles. The van der Waals surface area contributed by atoms with Crippen LogP contribution < -0.4 is 5.32 Å². The highest BCUT2D eigenvalue weighted by Gasteiger charge is 2.39. The number of carbonyl (C=O) groups is 5. The molecule has 0 spiro atoms. The first-order chi connectivity index (χ1) is 17.3. The monoisotopic (exact) mass is 491 g/mol. The highest BCUT2D eigenvalue weighted by molar-refractivity contribution is 6.05. The quantitative estimate of drug-likeness (QED) is 0.455. The lowest BCUT2D eigenvalue weighted by atomic mass is 10.0. The largest absolute Gasteiger partial charge is 0.335 e. The number of rotatable bonds is 5. The minimum absolute atomic E-state index is 0.0869. The summed E-state index contributed by atoms with van der Waals surface area (Å²) in [5.41, 5.74) is 1.80. The van der Waals surface area contributed by atoms with Crippen molar-refractivity contribution in [2.75, 3.05) is 19.6 Å². The van der Waals surface area contributed by atoms with Crippen LogP contribution in [0.1, 0.15) is 46.2 Å². The van der Waals surface area contributed by atoms with E-state index in [9.17, 15) is 24.0 Å². The molecule has 0 radical (unpaired) electrons. The first-order valence-electron chi connectivity index (χ1n) is 11.7. The zero-order chi connectivity index (χ0) is 25.6. The summed E-state index contributed by atoms with van der Waals surface area (Å²) in [4.78, 5) is 67.0. The molecule has 1 aromatic carbocycles. The number of aromatic nitrogens is 3. The van der Waals surface area contributed by atoms with E-state index in [4.69, 9.17) is 0 Å². The summed E-state index contributed by atoms with van der Waals surface area (Å²) < 4.78 is 1.40. The average molecular weight is 492 g/mol. The van der Waals surface area contributed by atoms with Crippen LogP contribution in [0.4, 0.5) is 0 Å². The molecule has 2 fully saturated rings. The molecule has 36 heavy (non-hydrogen) atoms. The van der Waals surface area contributed by atoms with Crippen molar-refractivity contribution in [1.29, 1.82) is 0 Å². The maximum Gasteiger partial charge on any atom is 0.276 e. The van der Waals surface area contributed by atoms with Crippen molar-refractivity contribution >= 4 is 29.5 Å². The van der Waals surface area contributed by atoms with Gasteiger partial charge in [-0.15, -0.1) is 11.7 Å². The number of nitrogens with one attached hydrogen (secondary N) is 1. The van der Waals surface area contributed by atoms with Gasteiger partial charge in [-0.05, 0) is 31.0 Å². The Bertz CT molecular complexity index is 1300. The van der Waals surface area contributed by atoms with E-state index in [-0.39, 0.29) is 42.8 Å². The van der Waals surface area contributed by atoms with E-state index in [1.807, 2.05) is 0 Å². The van der Waals surface area contributed by atoms with Gasteiger partial charge in [-0.3, -0.25) is 29.3 Å². The first-order valence-corrected chi connectivity index (χ1v) is 11.7. The van der Waals surface area contributed by atoms with E-state index in [1.54, 1.807) is 36.1 Å². The van der Waals surface area contributed by atoms with Gasteiger partial charge in [0.05, 0.1) is 11.9 Å². The Labute approximate surface area is 206 Å². The molecule has 12 nitrogen and oxygen atoms in total. The van der Waals surface area contributed by atoms with Gasteiger partial charge in [0.25, 0.3) is 11.8 Å². The second-order valence-corrected chi connectivity index (χ2v) is 9.04. The number of carbonyl (C=O) groups excluding carboxylic acids is 5. The minimum Gasteiger partial charge on any atom is -0.335 e. The van der Waals surface area contributed by atoms with Crippen molar-refractivity contribution in [3.63, 3.8) is 0 Å². The normalized spacial score (nSPS) is 22.1. The van der Waals surface area contributed by atoms with Crippen LogP contribution >= 0.6 is 0 Å². The van der Waals surface area contributed by atoms with Crippen molar-refractivity contribution in [3.8, 4) is 5.69 Å². The topological polar surface area (TPSA) is 138 Å². The third-order valence-corrected chi connectivity index (χ3v) is 6.85. The molecule has 3 aliphatic rings. The van der Waals surface area contributed by atoms with E-state index in [1.165, 1.54) is 20.7 Å². The van der Waals surface area contributed by atoms with Crippen LogP contribution in [0.2, 0.25) is 0 Å². The molecule has 5 amide bonds. The fourth-order valence-corrected chi connectivity index (χ4v) is 4.86. The molecule has 12 heteroatoms. The third-order valence-electron chi connectivity index (χ3n) is 6.85. The lowest BCUT2D eigenvalue weighted by Gasteiger charge is -2.38. The lowest BCUT2D eigenvalue weighted by Crippen LogP contribution is -2.57. The number of imide groups is 1. The van der Waals surface area contributed by atoms with E-state index in [0.717, 1.165) is 5.56 Å². The summed E-state index contributed by atoms with van der Waals surface area (Å²) in [6, 6.07) is 3.85. The van der Waals surface area contributed by atoms with Gasteiger partial charge in [-0.25, -0.2) is 4.68 Å². The summed E-state index contributed by atoms with van der Waals surface area (Å²) in [5.74, 6) is -1.66. The number of piperidine rings is 1. The molecule has 0 saturated carbocycles. The van der Waals surface area contributed by atoms with Gasteiger partial charge >= 0.3 is 0 Å². The van der Waals surface area contributed by atoms with Gasteiger partial charge in [0, 0.05) is 38.2 Å². The van der Waals surface area contributed by atoms with E-state index in [0.29, 0.717) is 30.9 Å². The molecule has 1 aromatic heterocycles. The van der Waals surface area contributed by atoms with Gasteiger partial charge in [-0.2, -0.15) is 0 Å². The summed E-state index contributed by atoms with van der Waals surface area (Å²) in [6.07, 6.45) is 3.59. The second-order valence-electron chi connectivity index (χ2n) is 9.04. The molecule has 0 aliphatic carbocycles. The van der Waals surface area contributed by atoms with E-state index >= 15 is 0 Å².